The van der Waals surface area contributed by atoms with E-state index in [1.54, 1.807) is 0 Å². The molecule has 1 saturated carbocycles. The van der Waals surface area contributed by atoms with Gasteiger partial charge in [-0.15, -0.1) is 0 Å². The summed E-state index contributed by atoms with van der Waals surface area (Å²) in [5.41, 5.74) is 0. The second-order valence-electron chi connectivity index (χ2n) is 5.59. The molecular formula is C13H20N2O3. The Bertz CT molecular complexity index is 374. The second-order valence-corrected chi connectivity index (χ2v) is 5.59. The Morgan fingerprint density at radius 3 is 2.50 bits per heavy atom. The number of hydrogen-bond acceptors (Lipinski definition) is 3. The van der Waals surface area contributed by atoms with Crippen molar-refractivity contribution in [3.8, 4) is 0 Å². The third-order valence-electron chi connectivity index (χ3n) is 3.65. The average molecular weight is 252 g/mol. The topological polar surface area (TPSA) is 66.5 Å². The van der Waals surface area contributed by atoms with Crippen molar-refractivity contribution in [3.63, 3.8) is 0 Å². The zero-order chi connectivity index (χ0) is 13.3. The number of imide groups is 2. The van der Waals surface area contributed by atoms with E-state index in [-0.39, 0.29) is 11.8 Å². The summed E-state index contributed by atoms with van der Waals surface area (Å²) in [4.78, 5) is 36.6. The van der Waals surface area contributed by atoms with Gasteiger partial charge in [0, 0.05) is 6.54 Å². The van der Waals surface area contributed by atoms with Gasteiger partial charge in [0.1, 0.15) is 5.92 Å². The second kappa shape index (κ2) is 5.08. The van der Waals surface area contributed by atoms with E-state index in [9.17, 15) is 14.4 Å². The van der Waals surface area contributed by atoms with E-state index in [4.69, 9.17) is 0 Å². The van der Waals surface area contributed by atoms with Crippen molar-refractivity contribution in [1.29, 1.82) is 0 Å². The highest BCUT2D eigenvalue weighted by Crippen LogP contribution is 2.33. The quantitative estimate of drug-likeness (QED) is 0.754. The molecule has 100 valence electrons. The van der Waals surface area contributed by atoms with Crippen LogP contribution in [0.15, 0.2) is 0 Å². The fraction of sp³-hybridized carbons (Fsp3) is 0.769. The van der Waals surface area contributed by atoms with Crippen molar-refractivity contribution in [2.24, 2.45) is 17.8 Å². The van der Waals surface area contributed by atoms with E-state index >= 15 is 0 Å². The summed E-state index contributed by atoms with van der Waals surface area (Å²) in [5, 5.41) is 2.27. The largest absolute Gasteiger partial charge is 0.330 e. The number of urea groups is 1. The van der Waals surface area contributed by atoms with Crippen molar-refractivity contribution in [2.75, 3.05) is 6.54 Å². The number of nitrogens with one attached hydrogen (secondary N) is 1. The van der Waals surface area contributed by atoms with Gasteiger partial charge < -0.3 is 0 Å². The minimum atomic E-state index is -0.719. The van der Waals surface area contributed by atoms with Crippen molar-refractivity contribution < 1.29 is 14.4 Å². The Labute approximate surface area is 107 Å². The molecule has 18 heavy (non-hydrogen) atoms. The summed E-state index contributed by atoms with van der Waals surface area (Å²) >= 11 is 0. The number of rotatable bonds is 5. The highest BCUT2D eigenvalue weighted by Gasteiger charge is 2.41. The molecule has 0 aromatic carbocycles. The Balaban J connectivity index is 1.95. The highest BCUT2D eigenvalue weighted by atomic mass is 16.2. The molecule has 5 heteroatoms. The van der Waals surface area contributed by atoms with Crippen LogP contribution in [0.3, 0.4) is 0 Å². The van der Waals surface area contributed by atoms with E-state index in [0.717, 1.165) is 18.8 Å². The maximum Gasteiger partial charge on any atom is 0.330 e. The molecule has 1 aliphatic carbocycles. The Morgan fingerprint density at radius 2 is 1.94 bits per heavy atom. The number of carbonyl (C=O) groups is 3. The molecule has 1 saturated heterocycles. The molecule has 0 spiro atoms. The maximum atomic E-state index is 12.1. The van der Waals surface area contributed by atoms with Gasteiger partial charge in [-0.05, 0) is 24.7 Å². The van der Waals surface area contributed by atoms with E-state index in [1.807, 2.05) is 13.8 Å². The monoisotopic (exact) mass is 252 g/mol. The van der Waals surface area contributed by atoms with Gasteiger partial charge in [-0.2, -0.15) is 0 Å². The number of nitrogens with zero attached hydrogens (tertiary/aromatic N) is 1. The van der Waals surface area contributed by atoms with Crippen LogP contribution in [0.5, 0.6) is 0 Å². The smallest absolute Gasteiger partial charge is 0.277 e. The van der Waals surface area contributed by atoms with E-state index in [2.05, 4.69) is 5.32 Å². The van der Waals surface area contributed by atoms with Gasteiger partial charge in [0.05, 0.1) is 0 Å². The first-order valence-electron chi connectivity index (χ1n) is 6.67. The SMILES string of the molecule is CC(C)C1C(=O)NC(=O)N(CCCC2CC2)C1=O. The number of carbonyl (C=O) groups excluding carboxylic acids is 3. The lowest BCUT2D eigenvalue weighted by Gasteiger charge is -2.31. The van der Waals surface area contributed by atoms with Crippen LogP contribution in [0.25, 0.3) is 0 Å². The first-order chi connectivity index (χ1) is 8.50. The predicted octanol–water partition coefficient (Wildman–Crippen LogP) is 1.53. The Kier molecular flexibility index (Phi) is 3.68. The van der Waals surface area contributed by atoms with Gasteiger partial charge in [0.25, 0.3) is 0 Å². The highest BCUT2D eigenvalue weighted by molar-refractivity contribution is 6.16. The van der Waals surface area contributed by atoms with Crippen molar-refractivity contribution in [1.82, 2.24) is 10.2 Å². The minimum absolute atomic E-state index is 0.0865. The van der Waals surface area contributed by atoms with Gasteiger partial charge >= 0.3 is 6.03 Å². The lowest BCUT2D eigenvalue weighted by atomic mass is 9.92. The Morgan fingerprint density at radius 1 is 1.28 bits per heavy atom. The summed E-state index contributed by atoms with van der Waals surface area (Å²) in [7, 11) is 0. The molecule has 1 atom stereocenters. The van der Waals surface area contributed by atoms with Crippen LogP contribution in [0.4, 0.5) is 4.79 Å². The predicted molar refractivity (Wildman–Crippen MR) is 65.5 cm³/mol. The summed E-state index contributed by atoms with van der Waals surface area (Å²) < 4.78 is 0. The van der Waals surface area contributed by atoms with Crippen LogP contribution >= 0.6 is 0 Å². The van der Waals surface area contributed by atoms with Gasteiger partial charge in [-0.3, -0.25) is 19.8 Å². The van der Waals surface area contributed by atoms with E-state index in [1.165, 1.54) is 17.7 Å². The van der Waals surface area contributed by atoms with Crippen LogP contribution in [-0.4, -0.2) is 29.3 Å². The summed E-state index contributed by atoms with van der Waals surface area (Å²) in [6.07, 6.45) is 4.45. The molecule has 0 aromatic heterocycles. The molecule has 5 nitrogen and oxygen atoms in total. The molecule has 1 aliphatic heterocycles. The van der Waals surface area contributed by atoms with Gasteiger partial charge in [-0.1, -0.05) is 26.7 Å². The van der Waals surface area contributed by atoms with Crippen LogP contribution in [0, 0.1) is 17.8 Å². The van der Waals surface area contributed by atoms with E-state index in [0.29, 0.717) is 6.54 Å². The molecule has 0 bridgehead atoms. The van der Waals surface area contributed by atoms with Crippen LogP contribution < -0.4 is 5.32 Å². The van der Waals surface area contributed by atoms with Crippen molar-refractivity contribution in [2.45, 2.75) is 39.5 Å². The molecule has 1 heterocycles. The summed E-state index contributed by atoms with van der Waals surface area (Å²) in [6, 6.07) is -0.558. The number of hydrogen-bond donors (Lipinski definition) is 1. The zero-order valence-electron chi connectivity index (χ0n) is 10.9. The summed E-state index contributed by atoms with van der Waals surface area (Å²) in [5.74, 6) is -0.816. The molecule has 1 N–H and O–H groups in total. The fourth-order valence-electron chi connectivity index (χ4n) is 2.37. The first-order valence-corrected chi connectivity index (χ1v) is 6.67. The average Bonchev–Trinajstić information content (AvgIpc) is 3.05. The standard InChI is InChI=1S/C13H20N2O3/c1-8(2)10-11(16)14-13(18)15(12(10)17)7-3-4-9-5-6-9/h8-10H,3-7H2,1-2H3,(H,14,16,18). The number of amides is 4. The van der Waals surface area contributed by atoms with Crippen LogP contribution in [0.1, 0.15) is 39.5 Å². The minimum Gasteiger partial charge on any atom is -0.277 e. The molecule has 1 unspecified atom stereocenters. The van der Waals surface area contributed by atoms with Gasteiger partial charge in [-0.25, -0.2) is 4.79 Å². The molecular weight excluding hydrogens is 232 g/mol. The molecule has 0 radical (unpaired) electrons. The Hall–Kier alpha value is -1.39. The fourth-order valence-corrected chi connectivity index (χ4v) is 2.37. The maximum absolute atomic E-state index is 12.1. The lowest BCUT2D eigenvalue weighted by molar-refractivity contribution is -0.144. The van der Waals surface area contributed by atoms with Crippen molar-refractivity contribution >= 4 is 17.8 Å². The molecule has 2 fully saturated rings. The molecule has 2 aliphatic rings. The van der Waals surface area contributed by atoms with Crippen LogP contribution in [-0.2, 0) is 9.59 Å². The van der Waals surface area contributed by atoms with Crippen LogP contribution in [0.2, 0.25) is 0 Å². The van der Waals surface area contributed by atoms with Gasteiger partial charge in [0.15, 0.2) is 0 Å². The first kappa shape index (κ1) is 13.1. The third kappa shape index (κ3) is 2.71. The number of barbiturate groups is 1. The molecule has 2 rings (SSSR count). The molecule has 0 aromatic rings. The van der Waals surface area contributed by atoms with E-state index < -0.39 is 17.9 Å². The molecule has 4 amide bonds. The normalized spacial score (nSPS) is 24.7. The summed E-state index contributed by atoms with van der Waals surface area (Å²) in [6.45, 7) is 4.07. The lowest BCUT2D eigenvalue weighted by Crippen LogP contribution is -2.59. The zero-order valence-corrected chi connectivity index (χ0v) is 10.9. The van der Waals surface area contributed by atoms with Crippen molar-refractivity contribution in [3.05, 3.63) is 0 Å². The third-order valence-corrected chi connectivity index (χ3v) is 3.65. The van der Waals surface area contributed by atoms with Gasteiger partial charge in [0.2, 0.25) is 11.8 Å².